The van der Waals surface area contributed by atoms with E-state index in [9.17, 15) is 8.78 Å². The summed E-state index contributed by atoms with van der Waals surface area (Å²) in [6, 6.07) is 2.96. The lowest BCUT2D eigenvalue weighted by atomic mass is 10.1. The zero-order chi connectivity index (χ0) is 20.8. The minimum atomic E-state index is -2.85. The SMILES string of the molecule is CCN=C/C(=C\N)c1cnc(Nc2cc(N)nc(C(F)F)n2)cc1OC1COC1. The molecule has 3 rings (SSSR count). The van der Waals surface area contributed by atoms with E-state index in [2.05, 4.69) is 25.3 Å². The molecule has 1 aliphatic rings. The molecule has 1 saturated heterocycles. The van der Waals surface area contributed by atoms with Crippen molar-refractivity contribution in [3.05, 3.63) is 35.9 Å². The van der Waals surface area contributed by atoms with Gasteiger partial charge in [-0.2, -0.15) is 0 Å². The molecule has 9 nitrogen and oxygen atoms in total. The van der Waals surface area contributed by atoms with Crippen LogP contribution < -0.4 is 21.5 Å². The van der Waals surface area contributed by atoms with E-state index in [0.717, 1.165) is 0 Å². The van der Waals surface area contributed by atoms with Gasteiger partial charge < -0.3 is 26.3 Å². The van der Waals surface area contributed by atoms with Gasteiger partial charge in [-0.15, -0.1) is 0 Å². The topological polar surface area (TPSA) is 134 Å². The lowest BCUT2D eigenvalue weighted by molar-refractivity contribution is -0.0797. The first-order valence-electron chi connectivity index (χ1n) is 8.86. The van der Waals surface area contributed by atoms with Crippen molar-refractivity contribution in [3.63, 3.8) is 0 Å². The Labute approximate surface area is 165 Å². The fourth-order valence-corrected chi connectivity index (χ4v) is 2.45. The molecule has 29 heavy (non-hydrogen) atoms. The van der Waals surface area contributed by atoms with Crippen LogP contribution in [-0.2, 0) is 4.74 Å². The highest BCUT2D eigenvalue weighted by atomic mass is 19.3. The van der Waals surface area contributed by atoms with E-state index in [4.69, 9.17) is 20.9 Å². The second-order valence-electron chi connectivity index (χ2n) is 6.05. The number of nitrogens with one attached hydrogen (secondary N) is 1. The Morgan fingerprint density at radius 3 is 2.79 bits per heavy atom. The van der Waals surface area contributed by atoms with E-state index in [1.807, 2.05) is 6.92 Å². The number of allylic oxidation sites excluding steroid dienone is 1. The molecule has 0 aliphatic carbocycles. The molecule has 0 aromatic carbocycles. The third-order valence-electron chi connectivity index (χ3n) is 3.89. The number of nitrogens with two attached hydrogens (primary N) is 2. The van der Waals surface area contributed by atoms with Crippen molar-refractivity contribution in [3.8, 4) is 5.75 Å². The van der Waals surface area contributed by atoms with Crippen molar-refractivity contribution in [1.82, 2.24) is 15.0 Å². The Morgan fingerprint density at radius 1 is 1.38 bits per heavy atom. The van der Waals surface area contributed by atoms with Crippen molar-refractivity contribution >= 4 is 29.2 Å². The van der Waals surface area contributed by atoms with Crippen LogP contribution in [0.1, 0.15) is 24.7 Å². The van der Waals surface area contributed by atoms with Gasteiger partial charge in [0.2, 0.25) is 0 Å². The van der Waals surface area contributed by atoms with Crippen LogP contribution >= 0.6 is 0 Å². The molecule has 1 aliphatic heterocycles. The maximum Gasteiger partial charge on any atom is 0.297 e. The highest BCUT2D eigenvalue weighted by Crippen LogP contribution is 2.30. The third kappa shape index (κ3) is 5.13. The standard InChI is InChI=1S/C18H21F2N7O2/c1-2-23-6-10(5-21)12-7-24-15(3-13(12)29-11-8-28-9-11)26-16-4-14(22)25-18(27-16)17(19)20/h3-7,11,17H,2,8-9,21H2,1H3,(H3,22,24,25,26,27)/b10-5+,23-6?. The van der Waals surface area contributed by atoms with E-state index in [1.165, 1.54) is 12.3 Å². The average Bonchev–Trinajstić information content (AvgIpc) is 2.66. The Bertz CT molecular complexity index is 917. The van der Waals surface area contributed by atoms with Crippen LogP contribution in [0.4, 0.5) is 26.2 Å². The van der Waals surface area contributed by atoms with E-state index in [-0.39, 0.29) is 17.7 Å². The molecule has 11 heteroatoms. The van der Waals surface area contributed by atoms with Crippen LogP contribution in [-0.4, -0.2) is 47.0 Å². The molecule has 1 fully saturated rings. The maximum atomic E-state index is 12.9. The van der Waals surface area contributed by atoms with Crippen LogP contribution in [0.15, 0.2) is 29.5 Å². The monoisotopic (exact) mass is 405 g/mol. The number of rotatable bonds is 8. The third-order valence-corrected chi connectivity index (χ3v) is 3.89. The van der Waals surface area contributed by atoms with Gasteiger partial charge in [-0.25, -0.2) is 23.7 Å². The Hall–Kier alpha value is -3.34. The van der Waals surface area contributed by atoms with Crippen molar-refractivity contribution in [2.45, 2.75) is 19.5 Å². The van der Waals surface area contributed by atoms with Gasteiger partial charge in [0.25, 0.3) is 6.43 Å². The van der Waals surface area contributed by atoms with Crippen LogP contribution in [0.3, 0.4) is 0 Å². The number of halogens is 2. The predicted molar refractivity (Wildman–Crippen MR) is 105 cm³/mol. The Balaban J connectivity index is 1.92. The highest BCUT2D eigenvalue weighted by molar-refractivity contribution is 6.10. The number of hydrogen-bond donors (Lipinski definition) is 3. The highest BCUT2D eigenvalue weighted by Gasteiger charge is 2.23. The van der Waals surface area contributed by atoms with Gasteiger partial charge in [-0.3, -0.25) is 4.99 Å². The molecule has 2 aromatic rings. The summed E-state index contributed by atoms with van der Waals surface area (Å²) in [5, 5.41) is 2.85. The summed E-state index contributed by atoms with van der Waals surface area (Å²) in [5.41, 5.74) is 12.6. The first-order chi connectivity index (χ1) is 14.0. The van der Waals surface area contributed by atoms with Gasteiger partial charge in [0.05, 0.1) is 13.2 Å². The second kappa shape index (κ2) is 9.24. The summed E-state index contributed by atoms with van der Waals surface area (Å²) in [5.74, 6) is 0.156. The quantitative estimate of drug-likeness (QED) is 0.570. The van der Waals surface area contributed by atoms with Crippen LogP contribution in [0.2, 0.25) is 0 Å². The molecule has 0 unspecified atom stereocenters. The summed E-state index contributed by atoms with van der Waals surface area (Å²) in [6.07, 6.45) is 1.64. The molecule has 0 amide bonds. The summed E-state index contributed by atoms with van der Waals surface area (Å²) in [6.45, 7) is 3.43. The number of anilines is 3. The molecule has 2 aromatic heterocycles. The number of nitrogen functional groups attached to an aromatic ring is 1. The zero-order valence-corrected chi connectivity index (χ0v) is 15.7. The molecule has 3 heterocycles. The molecule has 0 radical (unpaired) electrons. The van der Waals surface area contributed by atoms with Crippen molar-refractivity contribution < 1.29 is 18.3 Å². The van der Waals surface area contributed by atoms with E-state index in [0.29, 0.717) is 42.5 Å². The van der Waals surface area contributed by atoms with Crippen LogP contribution in [0, 0.1) is 0 Å². The molecular formula is C18H21F2N7O2. The number of nitrogens with zero attached hydrogens (tertiary/aromatic N) is 4. The number of aromatic nitrogens is 3. The number of hydrogen-bond acceptors (Lipinski definition) is 9. The van der Waals surface area contributed by atoms with Gasteiger partial charge in [-0.05, 0) is 6.92 Å². The molecule has 0 atom stereocenters. The number of pyridine rings is 1. The fourth-order valence-electron chi connectivity index (χ4n) is 2.45. The maximum absolute atomic E-state index is 12.9. The molecule has 0 saturated carbocycles. The summed E-state index contributed by atoms with van der Waals surface area (Å²) >= 11 is 0. The lowest BCUT2D eigenvalue weighted by Gasteiger charge is -2.28. The van der Waals surface area contributed by atoms with Gasteiger partial charge in [0.15, 0.2) is 5.82 Å². The van der Waals surface area contributed by atoms with Crippen molar-refractivity contribution in [2.24, 2.45) is 10.7 Å². The fraction of sp³-hybridized carbons (Fsp3) is 0.333. The molecular weight excluding hydrogens is 384 g/mol. The van der Waals surface area contributed by atoms with E-state index < -0.39 is 12.2 Å². The number of alkyl halides is 2. The van der Waals surface area contributed by atoms with Crippen LogP contribution in [0.5, 0.6) is 5.75 Å². The zero-order valence-electron chi connectivity index (χ0n) is 15.7. The Morgan fingerprint density at radius 2 is 2.17 bits per heavy atom. The van der Waals surface area contributed by atoms with E-state index >= 15 is 0 Å². The summed E-state index contributed by atoms with van der Waals surface area (Å²) in [7, 11) is 0. The predicted octanol–water partition coefficient (Wildman–Crippen LogP) is 2.30. The lowest BCUT2D eigenvalue weighted by Crippen LogP contribution is -2.38. The van der Waals surface area contributed by atoms with Crippen LogP contribution in [0.25, 0.3) is 5.57 Å². The molecule has 0 bridgehead atoms. The first-order valence-corrected chi connectivity index (χ1v) is 8.86. The smallest absolute Gasteiger partial charge is 0.297 e. The number of aliphatic imine (C=N–C) groups is 1. The largest absolute Gasteiger partial charge is 0.485 e. The van der Waals surface area contributed by atoms with E-state index in [1.54, 1.807) is 18.5 Å². The van der Waals surface area contributed by atoms with Gasteiger partial charge in [0, 0.05) is 48.4 Å². The van der Waals surface area contributed by atoms with Gasteiger partial charge >= 0.3 is 0 Å². The minimum Gasteiger partial charge on any atom is -0.485 e. The minimum absolute atomic E-state index is 0.0818. The first kappa shape index (κ1) is 20.4. The molecule has 154 valence electrons. The van der Waals surface area contributed by atoms with Crippen molar-refractivity contribution in [1.29, 1.82) is 0 Å². The average molecular weight is 405 g/mol. The molecule has 0 spiro atoms. The number of ether oxygens (including phenoxy) is 2. The van der Waals surface area contributed by atoms with Gasteiger partial charge in [0.1, 0.15) is 29.3 Å². The van der Waals surface area contributed by atoms with Gasteiger partial charge in [-0.1, -0.05) is 0 Å². The van der Waals surface area contributed by atoms with Crippen molar-refractivity contribution in [2.75, 3.05) is 30.8 Å². The summed E-state index contributed by atoms with van der Waals surface area (Å²) < 4.78 is 36.9. The Kier molecular flexibility index (Phi) is 6.50. The second-order valence-corrected chi connectivity index (χ2v) is 6.05. The molecule has 5 N–H and O–H groups in total. The normalized spacial score (nSPS) is 15.0. The summed E-state index contributed by atoms with van der Waals surface area (Å²) in [4.78, 5) is 15.8.